The van der Waals surface area contributed by atoms with Crippen LogP contribution in [0.3, 0.4) is 0 Å². The van der Waals surface area contributed by atoms with Crippen LogP contribution < -0.4 is 5.32 Å². The van der Waals surface area contributed by atoms with Crippen molar-refractivity contribution in [1.82, 2.24) is 14.9 Å². The summed E-state index contributed by atoms with van der Waals surface area (Å²) in [6.07, 6.45) is 4.80. The van der Waals surface area contributed by atoms with E-state index in [2.05, 4.69) is 14.9 Å². The molecule has 0 saturated heterocycles. The number of rotatable bonds is 7. The van der Waals surface area contributed by atoms with Crippen LogP contribution in [-0.2, 0) is 17.7 Å². The van der Waals surface area contributed by atoms with Gasteiger partial charge in [0.15, 0.2) is 0 Å². The van der Waals surface area contributed by atoms with Crippen LogP contribution in [0.1, 0.15) is 48.8 Å². The van der Waals surface area contributed by atoms with Crippen molar-refractivity contribution in [3.63, 3.8) is 0 Å². The summed E-state index contributed by atoms with van der Waals surface area (Å²) >= 11 is 0. The van der Waals surface area contributed by atoms with E-state index in [4.69, 9.17) is 4.74 Å². The van der Waals surface area contributed by atoms with Crippen molar-refractivity contribution in [3.05, 3.63) is 41.5 Å². The van der Waals surface area contributed by atoms with Crippen molar-refractivity contribution >= 4 is 5.91 Å². The van der Waals surface area contributed by atoms with Crippen molar-refractivity contribution in [2.75, 3.05) is 19.8 Å². The van der Waals surface area contributed by atoms with Gasteiger partial charge in [0.1, 0.15) is 17.3 Å². The molecule has 0 atom stereocenters. The van der Waals surface area contributed by atoms with E-state index in [1.54, 1.807) is 6.07 Å². The minimum atomic E-state index is -0.296. The van der Waals surface area contributed by atoms with E-state index in [1.807, 2.05) is 13.0 Å². The van der Waals surface area contributed by atoms with Crippen LogP contribution in [0, 0.1) is 5.82 Å². The monoisotopic (exact) mass is 359 g/mol. The fourth-order valence-corrected chi connectivity index (χ4v) is 3.35. The van der Waals surface area contributed by atoms with Crippen LogP contribution in [0.4, 0.5) is 4.39 Å². The summed E-state index contributed by atoms with van der Waals surface area (Å²) in [5, 5.41) is 2.94. The van der Waals surface area contributed by atoms with Crippen LogP contribution in [0.2, 0.25) is 0 Å². The van der Waals surface area contributed by atoms with Crippen LogP contribution >= 0.6 is 0 Å². The number of hydrogen-bond donors (Lipinski definition) is 1. The topological polar surface area (TPSA) is 56.1 Å². The Balaban J connectivity index is 1.84. The van der Waals surface area contributed by atoms with Crippen molar-refractivity contribution in [3.8, 4) is 11.4 Å². The van der Waals surface area contributed by atoms with Gasteiger partial charge < -0.3 is 14.6 Å². The van der Waals surface area contributed by atoms with Crippen LogP contribution in [0.15, 0.2) is 24.3 Å². The molecule has 2 heterocycles. The Morgan fingerprint density at radius 3 is 3.04 bits per heavy atom. The molecule has 6 heteroatoms. The number of fused-ring (bicyclic) bond motifs is 1. The highest BCUT2D eigenvalue weighted by Crippen LogP contribution is 2.27. The Kier molecular flexibility index (Phi) is 6.39. The standard InChI is InChI=1S/C20H26FN3O2/c1-2-26-13-7-11-22-20(25)18-17-10-4-3-5-12-24(17)19(23-18)15-8-6-9-16(21)14-15/h6,8-9,14H,2-5,7,10-13H2,1H3,(H,22,25). The fraction of sp³-hybridized carbons (Fsp3) is 0.500. The molecule has 0 bridgehead atoms. The Bertz CT molecular complexity index is 758. The predicted molar refractivity (Wildman–Crippen MR) is 98.6 cm³/mol. The normalized spacial score (nSPS) is 13.9. The lowest BCUT2D eigenvalue weighted by Gasteiger charge is -2.09. The highest BCUT2D eigenvalue weighted by atomic mass is 19.1. The molecule has 1 aliphatic heterocycles. The smallest absolute Gasteiger partial charge is 0.271 e. The molecule has 5 nitrogen and oxygen atoms in total. The maximum Gasteiger partial charge on any atom is 0.271 e. The molecule has 1 aromatic carbocycles. The van der Waals surface area contributed by atoms with Gasteiger partial charge in [-0.05, 0) is 44.7 Å². The third kappa shape index (κ3) is 4.30. The first-order valence-electron chi connectivity index (χ1n) is 9.42. The van der Waals surface area contributed by atoms with E-state index < -0.39 is 0 Å². The lowest BCUT2D eigenvalue weighted by molar-refractivity contribution is 0.0938. The van der Waals surface area contributed by atoms with Gasteiger partial charge in [0.05, 0.1) is 5.69 Å². The predicted octanol–water partition coefficient (Wildman–Crippen LogP) is 3.57. The minimum absolute atomic E-state index is 0.158. The lowest BCUT2D eigenvalue weighted by atomic mass is 10.1. The van der Waals surface area contributed by atoms with Gasteiger partial charge in [0, 0.05) is 31.9 Å². The van der Waals surface area contributed by atoms with Crippen molar-refractivity contribution in [2.45, 2.75) is 45.6 Å². The number of nitrogens with one attached hydrogen (secondary N) is 1. The second-order valence-electron chi connectivity index (χ2n) is 6.51. The number of carbonyl (C=O) groups excluding carboxylic acids is 1. The zero-order valence-electron chi connectivity index (χ0n) is 15.3. The molecule has 1 aromatic heterocycles. The number of aromatic nitrogens is 2. The number of imidazole rings is 1. The Morgan fingerprint density at radius 1 is 1.35 bits per heavy atom. The van der Waals surface area contributed by atoms with Crippen LogP contribution in [0.25, 0.3) is 11.4 Å². The van der Waals surface area contributed by atoms with Crippen LogP contribution in [0.5, 0.6) is 0 Å². The third-order valence-corrected chi connectivity index (χ3v) is 4.62. The van der Waals surface area contributed by atoms with Gasteiger partial charge in [-0.15, -0.1) is 0 Å². The summed E-state index contributed by atoms with van der Waals surface area (Å²) in [5.41, 5.74) is 2.15. The molecule has 1 aliphatic rings. The van der Waals surface area contributed by atoms with Crippen molar-refractivity contribution < 1.29 is 13.9 Å². The Labute approximate surface area is 153 Å². The van der Waals surface area contributed by atoms with E-state index in [-0.39, 0.29) is 11.7 Å². The van der Waals surface area contributed by atoms with Gasteiger partial charge >= 0.3 is 0 Å². The fourth-order valence-electron chi connectivity index (χ4n) is 3.35. The molecule has 1 N–H and O–H groups in total. The average molecular weight is 359 g/mol. The number of carbonyl (C=O) groups is 1. The highest BCUT2D eigenvalue weighted by Gasteiger charge is 2.24. The maximum atomic E-state index is 13.7. The van der Waals surface area contributed by atoms with Crippen molar-refractivity contribution in [2.24, 2.45) is 0 Å². The highest BCUT2D eigenvalue weighted by molar-refractivity contribution is 5.94. The van der Waals surface area contributed by atoms with Gasteiger partial charge in [-0.25, -0.2) is 9.37 Å². The Morgan fingerprint density at radius 2 is 2.23 bits per heavy atom. The summed E-state index contributed by atoms with van der Waals surface area (Å²) in [4.78, 5) is 17.3. The van der Waals surface area contributed by atoms with E-state index in [9.17, 15) is 9.18 Å². The van der Waals surface area contributed by atoms with E-state index in [1.165, 1.54) is 12.1 Å². The first-order valence-corrected chi connectivity index (χ1v) is 9.42. The maximum absolute atomic E-state index is 13.7. The molecule has 0 aliphatic carbocycles. The SMILES string of the molecule is CCOCCCNC(=O)c1nc(-c2cccc(F)c2)n2c1CCCCC2. The minimum Gasteiger partial charge on any atom is -0.382 e. The number of halogens is 1. The molecule has 0 saturated carbocycles. The molecule has 0 radical (unpaired) electrons. The number of nitrogens with zero attached hydrogens (tertiary/aromatic N) is 2. The summed E-state index contributed by atoms with van der Waals surface area (Å²) < 4.78 is 21.1. The largest absolute Gasteiger partial charge is 0.382 e. The molecular formula is C20H26FN3O2. The molecule has 0 fully saturated rings. The third-order valence-electron chi connectivity index (χ3n) is 4.62. The molecular weight excluding hydrogens is 333 g/mol. The number of benzene rings is 1. The van der Waals surface area contributed by atoms with E-state index in [0.29, 0.717) is 36.8 Å². The van der Waals surface area contributed by atoms with Gasteiger partial charge in [0.2, 0.25) is 0 Å². The molecule has 26 heavy (non-hydrogen) atoms. The quantitative estimate of drug-likeness (QED) is 0.769. The van der Waals surface area contributed by atoms with Gasteiger partial charge in [0.25, 0.3) is 5.91 Å². The van der Waals surface area contributed by atoms with Gasteiger partial charge in [-0.3, -0.25) is 4.79 Å². The lowest BCUT2D eigenvalue weighted by Crippen LogP contribution is -2.26. The average Bonchev–Trinajstić information content (AvgIpc) is 2.83. The second-order valence-corrected chi connectivity index (χ2v) is 6.51. The zero-order chi connectivity index (χ0) is 18.4. The molecule has 0 unspecified atom stereocenters. The zero-order valence-corrected chi connectivity index (χ0v) is 15.3. The number of ether oxygens (including phenoxy) is 1. The van der Waals surface area contributed by atoms with E-state index in [0.717, 1.165) is 44.3 Å². The first-order chi connectivity index (χ1) is 12.7. The number of hydrogen-bond acceptors (Lipinski definition) is 3. The molecule has 1 amide bonds. The molecule has 3 rings (SSSR count). The summed E-state index contributed by atoms with van der Waals surface area (Å²) in [6.45, 7) is 4.63. The summed E-state index contributed by atoms with van der Waals surface area (Å²) in [7, 11) is 0. The molecule has 0 spiro atoms. The Hall–Kier alpha value is -2.21. The van der Waals surface area contributed by atoms with E-state index >= 15 is 0 Å². The number of amides is 1. The van der Waals surface area contributed by atoms with Crippen molar-refractivity contribution in [1.29, 1.82) is 0 Å². The molecule has 140 valence electrons. The summed E-state index contributed by atoms with van der Waals surface area (Å²) in [5.74, 6) is 0.228. The van der Waals surface area contributed by atoms with Crippen LogP contribution in [-0.4, -0.2) is 35.2 Å². The molecule has 2 aromatic rings. The van der Waals surface area contributed by atoms with Gasteiger partial charge in [-0.1, -0.05) is 18.6 Å². The van der Waals surface area contributed by atoms with Gasteiger partial charge in [-0.2, -0.15) is 0 Å². The first kappa shape index (κ1) is 18.6. The summed E-state index contributed by atoms with van der Waals surface area (Å²) in [6, 6.07) is 6.41. The second kappa shape index (κ2) is 8.94.